The average Bonchev–Trinajstić information content (AvgIpc) is 2.49. The summed E-state index contributed by atoms with van der Waals surface area (Å²) < 4.78 is 49.2. The van der Waals surface area contributed by atoms with E-state index in [9.17, 15) is 17.7 Å². The highest BCUT2D eigenvalue weighted by Gasteiger charge is 2.36. The summed E-state index contributed by atoms with van der Waals surface area (Å²) in [5.74, 6) is -1.46. The molecule has 10 heteroatoms. The van der Waals surface area contributed by atoms with E-state index in [1.54, 1.807) is 6.92 Å². The molecule has 128 valence electrons. The Morgan fingerprint density at radius 1 is 1.38 bits per heavy atom. The second-order valence-corrected chi connectivity index (χ2v) is 6.59. The lowest BCUT2D eigenvalue weighted by atomic mass is 10.2. The van der Waals surface area contributed by atoms with Crippen molar-refractivity contribution in [3.05, 3.63) is 47.0 Å². The van der Waals surface area contributed by atoms with Gasteiger partial charge in [-0.25, -0.2) is 9.98 Å². The fourth-order valence-corrected chi connectivity index (χ4v) is 3.23. The number of hydrogen-bond acceptors (Lipinski definition) is 4. The zero-order chi connectivity index (χ0) is 17.9. The van der Waals surface area contributed by atoms with Crippen molar-refractivity contribution in [3.8, 4) is 0 Å². The topological polar surface area (TPSA) is 87.2 Å². The summed E-state index contributed by atoms with van der Waals surface area (Å²) in [6, 6.07) is 2.64. The molecular formula is C14H12ClF3N4OS. The first-order chi connectivity index (χ1) is 11.2. The van der Waals surface area contributed by atoms with E-state index in [1.165, 1.54) is 30.7 Å². The highest BCUT2D eigenvalue weighted by atomic mass is 35.5. The molecule has 0 saturated carbocycles. The van der Waals surface area contributed by atoms with Gasteiger partial charge in [-0.1, -0.05) is 11.6 Å². The quantitative estimate of drug-likeness (QED) is 0.504. The molecule has 1 aromatic carbocycles. The number of aliphatic imine (C=N–C) groups is 1. The van der Waals surface area contributed by atoms with Crippen LogP contribution in [0.3, 0.4) is 0 Å². The van der Waals surface area contributed by atoms with Gasteiger partial charge in [-0.05, 0) is 29.7 Å². The van der Waals surface area contributed by atoms with Gasteiger partial charge in [0.2, 0.25) is 5.75 Å². The van der Waals surface area contributed by atoms with Crippen LogP contribution >= 0.6 is 11.6 Å². The van der Waals surface area contributed by atoms with Gasteiger partial charge in [-0.15, -0.1) is 0 Å². The summed E-state index contributed by atoms with van der Waals surface area (Å²) >= 11 is 3.58. The van der Waals surface area contributed by atoms with Crippen LogP contribution in [0.25, 0.3) is 0 Å². The molecule has 5 nitrogen and oxygen atoms in total. The van der Waals surface area contributed by atoms with Crippen molar-refractivity contribution in [2.75, 3.05) is 5.75 Å². The number of aryl methyl sites for hydroxylation is 1. The maximum absolute atomic E-state index is 12.4. The molecule has 0 saturated heterocycles. The van der Waals surface area contributed by atoms with Gasteiger partial charge < -0.3 is 10.3 Å². The number of alkyl halides is 3. The van der Waals surface area contributed by atoms with Crippen molar-refractivity contribution in [2.45, 2.75) is 18.0 Å². The molecule has 1 atom stereocenters. The van der Waals surface area contributed by atoms with Crippen molar-refractivity contribution in [2.24, 2.45) is 10.7 Å². The Kier molecular flexibility index (Phi) is 5.68. The van der Waals surface area contributed by atoms with Crippen molar-refractivity contribution >= 4 is 34.3 Å². The minimum Gasteiger partial charge on any atom is -0.611 e. The molecular weight excluding hydrogens is 365 g/mol. The van der Waals surface area contributed by atoms with E-state index >= 15 is 0 Å². The Bertz CT molecular complexity index is 756. The lowest BCUT2D eigenvalue weighted by molar-refractivity contribution is -0.106. The van der Waals surface area contributed by atoms with Crippen molar-refractivity contribution in [1.82, 2.24) is 9.97 Å². The van der Waals surface area contributed by atoms with Gasteiger partial charge in [0.25, 0.3) is 0 Å². The SMILES string of the molecule is Cc1cc(Cl)c([S+]([O-])CC(F)(F)F)cc1/N=C(\N)c1cnccn1. The van der Waals surface area contributed by atoms with E-state index in [2.05, 4.69) is 15.0 Å². The van der Waals surface area contributed by atoms with Crippen LogP contribution in [-0.2, 0) is 11.2 Å². The minimum absolute atomic E-state index is 0.0212. The third kappa shape index (κ3) is 4.83. The molecule has 2 N–H and O–H groups in total. The first kappa shape index (κ1) is 18.5. The number of hydrogen-bond donors (Lipinski definition) is 1. The lowest BCUT2D eigenvalue weighted by Crippen LogP contribution is -2.23. The summed E-state index contributed by atoms with van der Waals surface area (Å²) in [6.07, 6.45) is -0.285. The Hall–Kier alpha value is -1.84. The van der Waals surface area contributed by atoms with E-state index in [1.807, 2.05) is 0 Å². The van der Waals surface area contributed by atoms with Crippen LogP contribution in [0.5, 0.6) is 0 Å². The predicted octanol–water partition coefficient (Wildman–Crippen LogP) is 3.15. The van der Waals surface area contributed by atoms with Crippen LogP contribution in [0.4, 0.5) is 18.9 Å². The summed E-state index contributed by atoms with van der Waals surface area (Å²) in [4.78, 5) is 11.8. The van der Waals surface area contributed by atoms with E-state index in [0.717, 1.165) is 0 Å². The minimum atomic E-state index is -4.57. The molecule has 0 radical (unpaired) electrons. The Morgan fingerprint density at radius 3 is 2.67 bits per heavy atom. The number of nitrogens with zero attached hydrogens (tertiary/aromatic N) is 3. The van der Waals surface area contributed by atoms with Crippen LogP contribution in [0, 0.1) is 6.92 Å². The normalized spacial score (nSPS) is 13.8. The van der Waals surface area contributed by atoms with Crippen molar-refractivity contribution in [3.63, 3.8) is 0 Å². The predicted molar refractivity (Wildman–Crippen MR) is 85.9 cm³/mol. The average molecular weight is 377 g/mol. The number of nitrogens with two attached hydrogens (primary N) is 1. The van der Waals surface area contributed by atoms with Crippen molar-refractivity contribution < 1.29 is 17.7 Å². The summed E-state index contributed by atoms with van der Waals surface area (Å²) in [5, 5.41) is -0.0212. The molecule has 0 aliphatic heterocycles. The number of rotatable bonds is 4. The van der Waals surface area contributed by atoms with Gasteiger partial charge in [0, 0.05) is 18.5 Å². The zero-order valence-electron chi connectivity index (χ0n) is 12.3. The van der Waals surface area contributed by atoms with Crippen LogP contribution < -0.4 is 5.73 Å². The van der Waals surface area contributed by atoms with Gasteiger partial charge in [-0.3, -0.25) is 4.98 Å². The largest absolute Gasteiger partial charge is 0.611 e. The molecule has 0 aliphatic rings. The number of aromatic nitrogens is 2. The van der Waals surface area contributed by atoms with Crippen LogP contribution in [-0.4, -0.2) is 32.3 Å². The second-order valence-electron chi connectivity index (χ2n) is 4.76. The summed E-state index contributed by atoms with van der Waals surface area (Å²) in [6.45, 7) is 1.66. The summed E-state index contributed by atoms with van der Waals surface area (Å²) in [7, 11) is 0. The highest BCUT2D eigenvalue weighted by Crippen LogP contribution is 2.33. The maximum atomic E-state index is 12.4. The fourth-order valence-electron chi connectivity index (χ4n) is 1.78. The molecule has 0 bridgehead atoms. The number of benzene rings is 1. The third-order valence-electron chi connectivity index (χ3n) is 2.86. The van der Waals surface area contributed by atoms with Gasteiger partial charge >= 0.3 is 6.18 Å². The standard InChI is InChI=1S/C14H12ClF3N4OS/c1-8-4-9(15)12(24(23)7-14(16,17)18)5-10(8)22-13(19)11-6-20-2-3-21-11/h2-6H,7H2,1H3,(H2,19,22). The zero-order valence-corrected chi connectivity index (χ0v) is 13.9. The molecule has 0 spiro atoms. The molecule has 2 aromatic rings. The molecule has 1 unspecified atom stereocenters. The van der Waals surface area contributed by atoms with Gasteiger partial charge in [0.15, 0.2) is 10.7 Å². The molecule has 2 rings (SSSR count). The van der Waals surface area contributed by atoms with Crippen LogP contribution in [0.2, 0.25) is 5.02 Å². The van der Waals surface area contributed by atoms with Crippen LogP contribution in [0.1, 0.15) is 11.3 Å². The highest BCUT2D eigenvalue weighted by molar-refractivity contribution is 7.91. The fraction of sp³-hybridized carbons (Fsp3) is 0.214. The van der Waals surface area contributed by atoms with Crippen molar-refractivity contribution in [1.29, 1.82) is 0 Å². The van der Waals surface area contributed by atoms with Crippen LogP contribution in [0.15, 0.2) is 40.6 Å². The lowest BCUT2D eigenvalue weighted by Gasteiger charge is -2.15. The molecule has 1 heterocycles. The van der Waals surface area contributed by atoms with Gasteiger partial charge in [0.1, 0.15) is 5.69 Å². The molecule has 0 aliphatic carbocycles. The number of halogens is 4. The molecule has 1 aromatic heterocycles. The summed E-state index contributed by atoms with van der Waals surface area (Å²) in [5.41, 5.74) is 6.96. The first-order valence-electron chi connectivity index (χ1n) is 6.53. The van der Waals surface area contributed by atoms with E-state index in [0.29, 0.717) is 11.3 Å². The second kappa shape index (κ2) is 7.37. The Morgan fingerprint density at radius 2 is 2.08 bits per heavy atom. The van der Waals surface area contributed by atoms with E-state index in [4.69, 9.17) is 17.3 Å². The molecule has 24 heavy (non-hydrogen) atoms. The van der Waals surface area contributed by atoms with Gasteiger partial charge in [0.05, 0.1) is 16.9 Å². The molecule has 0 amide bonds. The third-order valence-corrected chi connectivity index (χ3v) is 4.70. The Balaban J connectivity index is 2.39. The Labute approximate surface area is 144 Å². The molecule has 0 fully saturated rings. The first-order valence-corrected chi connectivity index (χ1v) is 8.23. The monoisotopic (exact) mass is 376 g/mol. The van der Waals surface area contributed by atoms with E-state index in [-0.39, 0.29) is 21.4 Å². The van der Waals surface area contributed by atoms with E-state index < -0.39 is 23.1 Å². The maximum Gasteiger partial charge on any atom is 0.433 e. The van der Waals surface area contributed by atoms with Gasteiger partial charge in [-0.2, -0.15) is 13.2 Å². The smallest absolute Gasteiger partial charge is 0.433 e. The number of amidine groups is 1.